The molecule has 0 spiro atoms. The molecular formula is C16H16ClFN2O. The van der Waals surface area contributed by atoms with Crippen LogP contribution in [0.3, 0.4) is 0 Å². The van der Waals surface area contributed by atoms with Crippen molar-refractivity contribution in [3.05, 3.63) is 64.4 Å². The number of rotatable bonds is 5. The van der Waals surface area contributed by atoms with Crippen LogP contribution in [0.2, 0.25) is 5.02 Å². The molecule has 2 rings (SSSR count). The molecule has 0 radical (unpaired) electrons. The zero-order valence-corrected chi connectivity index (χ0v) is 12.4. The van der Waals surface area contributed by atoms with E-state index in [1.165, 1.54) is 17.7 Å². The highest BCUT2D eigenvalue weighted by Gasteiger charge is 2.05. The lowest BCUT2D eigenvalue weighted by Crippen LogP contribution is -2.29. The second-order valence-corrected chi connectivity index (χ2v) is 5.18. The summed E-state index contributed by atoms with van der Waals surface area (Å²) in [6.07, 6.45) is 0. The van der Waals surface area contributed by atoms with Crippen LogP contribution in [0.25, 0.3) is 0 Å². The molecule has 0 atom stereocenters. The molecule has 0 saturated carbocycles. The quantitative estimate of drug-likeness (QED) is 0.887. The molecule has 2 aromatic carbocycles. The van der Waals surface area contributed by atoms with Crippen molar-refractivity contribution >= 4 is 23.2 Å². The Bertz CT molecular complexity index is 629. The average molecular weight is 307 g/mol. The summed E-state index contributed by atoms with van der Waals surface area (Å²) in [6.45, 7) is 2.46. The van der Waals surface area contributed by atoms with Crippen LogP contribution in [0.4, 0.5) is 10.1 Å². The van der Waals surface area contributed by atoms with E-state index in [-0.39, 0.29) is 18.1 Å². The summed E-state index contributed by atoms with van der Waals surface area (Å²) in [5, 5.41) is 5.83. The van der Waals surface area contributed by atoms with E-state index in [0.717, 1.165) is 5.56 Å². The number of hydrogen-bond acceptors (Lipinski definition) is 2. The van der Waals surface area contributed by atoms with E-state index in [2.05, 4.69) is 10.6 Å². The SMILES string of the molecule is Cc1ccc(CNC(=O)CNc2ccc(Cl)cc2F)cc1. The lowest BCUT2D eigenvalue weighted by molar-refractivity contribution is -0.119. The first kappa shape index (κ1) is 15.3. The van der Waals surface area contributed by atoms with Crippen LogP contribution >= 0.6 is 11.6 Å². The van der Waals surface area contributed by atoms with Crippen LogP contribution in [0.1, 0.15) is 11.1 Å². The summed E-state index contributed by atoms with van der Waals surface area (Å²) >= 11 is 5.66. The van der Waals surface area contributed by atoms with E-state index in [9.17, 15) is 9.18 Å². The van der Waals surface area contributed by atoms with Crippen molar-refractivity contribution in [2.45, 2.75) is 13.5 Å². The minimum absolute atomic E-state index is 0.00438. The van der Waals surface area contributed by atoms with Gasteiger partial charge < -0.3 is 10.6 Å². The van der Waals surface area contributed by atoms with Gasteiger partial charge in [0.15, 0.2) is 0 Å². The van der Waals surface area contributed by atoms with Crippen LogP contribution in [0.15, 0.2) is 42.5 Å². The number of anilines is 1. The smallest absolute Gasteiger partial charge is 0.239 e. The maximum atomic E-state index is 13.5. The van der Waals surface area contributed by atoms with E-state index in [1.807, 2.05) is 31.2 Å². The third kappa shape index (κ3) is 4.76. The van der Waals surface area contributed by atoms with Gasteiger partial charge in [-0.15, -0.1) is 0 Å². The molecule has 0 saturated heterocycles. The Morgan fingerprint density at radius 1 is 1.19 bits per heavy atom. The van der Waals surface area contributed by atoms with E-state index in [0.29, 0.717) is 11.6 Å². The van der Waals surface area contributed by atoms with Crippen molar-refractivity contribution < 1.29 is 9.18 Å². The third-order valence-electron chi connectivity index (χ3n) is 2.98. The van der Waals surface area contributed by atoms with E-state index < -0.39 is 5.82 Å². The van der Waals surface area contributed by atoms with Crippen molar-refractivity contribution in [3.63, 3.8) is 0 Å². The van der Waals surface area contributed by atoms with Crippen LogP contribution in [-0.4, -0.2) is 12.5 Å². The zero-order valence-electron chi connectivity index (χ0n) is 11.6. The lowest BCUT2D eigenvalue weighted by Gasteiger charge is -2.09. The molecule has 21 heavy (non-hydrogen) atoms. The third-order valence-corrected chi connectivity index (χ3v) is 3.22. The topological polar surface area (TPSA) is 41.1 Å². The van der Waals surface area contributed by atoms with E-state index >= 15 is 0 Å². The van der Waals surface area contributed by atoms with Gasteiger partial charge >= 0.3 is 0 Å². The summed E-state index contributed by atoms with van der Waals surface area (Å²) in [7, 11) is 0. The Morgan fingerprint density at radius 2 is 1.90 bits per heavy atom. The number of carbonyl (C=O) groups is 1. The molecule has 0 aliphatic rings. The normalized spacial score (nSPS) is 10.2. The van der Waals surface area contributed by atoms with E-state index in [4.69, 9.17) is 11.6 Å². The van der Waals surface area contributed by atoms with Gasteiger partial charge in [-0.1, -0.05) is 41.4 Å². The summed E-state index contributed by atoms with van der Waals surface area (Å²) in [6, 6.07) is 12.2. The Balaban J connectivity index is 1.80. The molecule has 0 aliphatic carbocycles. The van der Waals surface area contributed by atoms with Gasteiger partial charge in [0.05, 0.1) is 12.2 Å². The van der Waals surface area contributed by atoms with Gasteiger partial charge in [-0.05, 0) is 30.7 Å². The Hall–Kier alpha value is -2.07. The summed E-state index contributed by atoms with van der Waals surface area (Å²) < 4.78 is 13.5. The monoisotopic (exact) mass is 306 g/mol. The maximum Gasteiger partial charge on any atom is 0.239 e. The zero-order chi connectivity index (χ0) is 15.2. The molecule has 0 heterocycles. The van der Waals surface area contributed by atoms with Gasteiger partial charge in [-0.3, -0.25) is 4.79 Å². The maximum absolute atomic E-state index is 13.5. The fraction of sp³-hybridized carbons (Fsp3) is 0.188. The van der Waals surface area contributed by atoms with Crippen molar-refractivity contribution in [2.75, 3.05) is 11.9 Å². The molecule has 0 fully saturated rings. The number of aryl methyl sites for hydroxylation is 1. The fourth-order valence-corrected chi connectivity index (χ4v) is 1.94. The second-order valence-electron chi connectivity index (χ2n) is 4.74. The Labute approximate surface area is 128 Å². The second kappa shape index (κ2) is 7.09. The largest absolute Gasteiger partial charge is 0.374 e. The van der Waals surface area contributed by atoms with E-state index in [1.54, 1.807) is 6.07 Å². The highest BCUT2D eigenvalue weighted by molar-refractivity contribution is 6.30. The van der Waals surface area contributed by atoms with Crippen LogP contribution < -0.4 is 10.6 Å². The molecular weight excluding hydrogens is 291 g/mol. The Kier molecular flexibility index (Phi) is 5.17. The van der Waals surface area contributed by atoms with Gasteiger partial charge in [-0.25, -0.2) is 4.39 Å². The molecule has 2 N–H and O–H groups in total. The molecule has 5 heteroatoms. The molecule has 0 aliphatic heterocycles. The molecule has 0 aromatic heterocycles. The number of amides is 1. The van der Waals surface area contributed by atoms with Crippen LogP contribution in [-0.2, 0) is 11.3 Å². The lowest BCUT2D eigenvalue weighted by atomic mass is 10.1. The molecule has 0 bridgehead atoms. The molecule has 1 amide bonds. The summed E-state index contributed by atoms with van der Waals surface area (Å²) in [5.41, 5.74) is 2.45. The Morgan fingerprint density at radius 3 is 2.57 bits per heavy atom. The van der Waals surface area contributed by atoms with Crippen molar-refractivity contribution in [1.82, 2.24) is 5.32 Å². The molecule has 2 aromatic rings. The standard InChI is InChI=1S/C16H16ClFN2O/c1-11-2-4-12(5-3-11)9-20-16(21)10-19-15-7-6-13(17)8-14(15)18/h2-8,19H,9-10H2,1H3,(H,20,21). The number of nitrogens with one attached hydrogen (secondary N) is 2. The van der Waals surface area contributed by atoms with Gasteiger partial charge in [0.2, 0.25) is 5.91 Å². The predicted molar refractivity (Wildman–Crippen MR) is 82.9 cm³/mol. The van der Waals surface area contributed by atoms with Gasteiger partial charge in [0.25, 0.3) is 0 Å². The summed E-state index contributed by atoms with van der Waals surface area (Å²) in [5.74, 6) is -0.682. The molecule has 3 nitrogen and oxygen atoms in total. The van der Waals surface area contributed by atoms with Crippen molar-refractivity contribution in [3.8, 4) is 0 Å². The first-order valence-corrected chi connectivity index (χ1v) is 6.93. The fourth-order valence-electron chi connectivity index (χ4n) is 1.78. The number of carbonyl (C=O) groups excluding carboxylic acids is 1. The number of benzene rings is 2. The highest BCUT2D eigenvalue weighted by Crippen LogP contribution is 2.18. The minimum atomic E-state index is -0.478. The van der Waals surface area contributed by atoms with Crippen LogP contribution in [0.5, 0.6) is 0 Å². The average Bonchev–Trinajstić information content (AvgIpc) is 2.46. The van der Waals surface area contributed by atoms with Crippen molar-refractivity contribution in [2.24, 2.45) is 0 Å². The first-order valence-electron chi connectivity index (χ1n) is 6.56. The van der Waals surface area contributed by atoms with Crippen LogP contribution in [0, 0.1) is 12.7 Å². The van der Waals surface area contributed by atoms with Crippen molar-refractivity contribution in [1.29, 1.82) is 0 Å². The summed E-state index contributed by atoms with van der Waals surface area (Å²) in [4.78, 5) is 11.7. The van der Waals surface area contributed by atoms with Gasteiger partial charge in [0, 0.05) is 11.6 Å². The first-order chi connectivity index (χ1) is 10.0. The predicted octanol–water partition coefficient (Wildman–Crippen LogP) is 3.52. The number of halogens is 2. The van der Waals surface area contributed by atoms with Gasteiger partial charge in [0.1, 0.15) is 5.82 Å². The molecule has 110 valence electrons. The molecule has 0 unspecified atom stereocenters. The van der Waals surface area contributed by atoms with Gasteiger partial charge in [-0.2, -0.15) is 0 Å². The number of hydrogen-bond donors (Lipinski definition) is 2. The minimum Gasteiger partial charge on any atom is -0.374 e. The highest BCUT2D eigenvalue weighted by atomic mass is 35.5.